The van der Waals surface area contributed by atoms with Crippen LogP contribution < -0.4 is 19.7 Å². The second-order valence-corrected chi connectivity index (χ2v) is 10.4. The van der Waals surface area contributed by atoms with Gasteiger partial charge >= 0.3 is 7.32 Å². The summed E-state index contributed by atoms with van der Waals surface area (Å²) >= 11 is 0. The van der Waals surface area contributed by atoms with Crippen molar-refractivity contribution in [2.75, 3.05) is 5.73 Å². The van der Waals surface area contributed by atoms with Gasteiger partial charge < -0.3 is 19.7 Å². The van der Waals surface area contributed by atoms with Crippen LogP contribution in [0.2, 0.25) is 0 Å². The first-order valence-electron chi connectivity index (χ1n) is 14.4. The molecule has 0 aliphatic rings. The summed E-state index contributed by atoms with van der Waals surface area (Å²) < 4.78 is 19.3. The van der Waals surface area contributed by atoms with E-state index in [0.717, 1.165) is 69.2 Å². The summed E-state index contributed by atoms with van der Waals surface area (Å²) in [6.07, 6.45) is 9.57. The fourth-order valence-corrected chi connectivity index (χ4v) is 4.79. The third kappa shape index (κ3) is 7.96. The van der Waals surface area contributed by atoms with E-state index in [2.05, 4.69) is 41.5 Å². The van der Waals surface area contributed by atoms with Crippen molar-refractivity contribution in [3.05, 3.63) is 81.9 Å². The molecule has 0 aromatic heterocycles. The second kappa shape index (κ2) is 14.8. The maximum absolute atomic E-state index is 6.93. The summed E-state index contributed by atoms with van der Waals surface area (Å²) in [5.74, 6) is 2.10. The van der Waals surface area contributed by atoms with Gasteiger partial charge in [0.05, 0.1) is 5.69 Å². The topological polar surface area (TPSA) is 53.7 Å². The van der Waals surface area contributed by atoms with E-state index in [-0.39, 0.29) is 0 Å². The minimum Gasteiger partial charge on any atom is -0.490 e. The Morgan fingerprint density at radius 2 is 1.00 bits per heavy atom. The maximum Gasteiger partial charge on any atom is 0.864 e. The van der Waals surface area contributed by atoms with Crippen LogP contribution in [0.1, 0.15) is 92.7 Å². The van der Waals surface area contributed by atoms with Crippen LogP contribution in [0.25, 0.3) is 0 Å². The van der Waals surface area contributed by atoms with Gasteiger partial charge in [-0.05, 0) is 106 Å². The highest BCUT2D eigenvalue weighted by molar-refractivity contribution is 6.39. The van der Waals surface area contributed by atoms with Crippen LogP contribution in [0.5, 0.6) is 17.2 Å². The number of aryl methyl sites for hydroxylation is 2. The first-order chi connectivity index (χ1) is 18.4. The van der Waals surface area contributed by atoms with Crippen molar-refractivity contribution in [2.45, 2.75) is 99.3 Å². The minimum atomic E-state index is -0.983. The quantitative estimate of drug-likeness (QED) is 0.162. The Bertz CT molecular complexity index is 1100. The summed E-state index contributed by atoms with van der Waals surface area (Å²) in [6.45, 7) is 13.1. The predicted octanol–water partition coefficient (Wildman–Crippen LogP) is 8.74. The van der Waals surface area contributed by atoms with E-state index in [0.29, 0.717) is 11.5 Å². The summed E-state index contributed by atoms with van der Waals surface area (Å²) in [7, 11) is -0.983. The van der Waals surface area contributed by atoms with Crippen molar-refractivity contribution in [2.24, 2.45) is 0 Å². The molecule has 204 valence electrons. The zero-order chi connectivity index (χ0) is 27.5. The molecule has 5 heteroatoms. The molecule has 0 bridgehead atoms. The number of hydrogen-bond donors (Lipinski definition) is 1. The molecule has 3 aromatic carbocycles. The summed E-state index contributed by atoms with van der Waals surface area (Å²) in [5, 5.41) is 0. The number of hydrogen-bond acceptors (Lipinski definition) is 4. The summed E-state index contributed by atoms with van der Waals surface area (Å²) in [4.78, 5) is 0. The first-order valence-corrected chi connectivity index (χ1v) is 14.4. The largest absolute Gasteiger partial charge is 0.864 e. The van der Waals surface area contributed by atoms with E-state index in [1.807, 2.05) is 48.5 Å². The van der Waals surface area contributed by atoms with Crippen LogP contribution in [-0.4, -0.2) is 7.32 Å². The smallest absolute Gasteiger partial charge is 0.490 e. The van der Waals surface area contributed by atoms with Crippen LogP contribution in [0.3, 0.4) is 0 Å². The molecular formula is C33H46BNO3. The zero-order valence-electron chi connectivity index (χ0n) is 24.4. The highest BCUT2D eigenvalue weighted by Gasteiger charge is 2.33. The van der Waals surface area contributed by atoms with Crippen LogP contribution in [0, 0.1) is 20.8 Å². The molecule has 0 unspecified atom stereocenters. The predicted molar refractivity (Wildman–Crippen MR) is 161 cm³/mol. The molecule has 0 aliphatic heterocycles. The SMILES string of the molecule is CCCCc1c(C)c(CCCC)c(CCCC)c(OB(Oc2ccc(C)cc2)Oc2ccc(C)cc2)c1N. The Kier molecular flexibility index (Phi) is 11.4. The minimum absolute atomic E-state index is 0.686. The molecule has 4 nitrogen and oxygen atoms in total. The van der Waals surface area contributed by atoms with E-state index in [9.17, 15) is 0 Å². The lowest BCUT2D eigenvalue weighted by molar-refractivity contribution is 0.306. The van der Waals surface area contributed by atoms with Crippen molar-refractivity contribution in [1.82, 2.24) is 0 Å². The Hall–Kier alpha value is -3.08. The lowest BCUT2D eigenvalue weighted by Crippen LogP contribution is -2.37. The van der Waals surface area contributed by atoms with Gasteiger partial charge in [0, 0.05) is 0 Å². The molecule has 0 saturated carbocycles. The van der Waals surface area contributed by atoms with Crippen molar-refractivity contribution in [1.29, 1.82) is 0 Å². The van der Waals surface area contributed by atoms with E-state index < -0.39 is 7.32 Å². The Morgan fingerprint density at radius 1 is 0.579 bits per heavy atom. The van der Waals surface area contributed by atoms with Crippen LogP contribution in [-0.2, 0) is 19.3 Å². The molecule has 38 heavy (non-hydrogen) atoms. The Labute approximate surface area is 231 Å². The van der Waals surface area contributed by atoms with Gasteiger partial charge in [0.1, 0.15) is 17.2 Å². The third-order valence-electron chi connectivity index (χ3n) is 7.18. The Morgan fingerprint density at radius 3 is 1.45 bits per heavy atom. The number of benzene rings is 3. The monoisotopic (exact) mass is 515 g/mol. The fraction of sp³-hybridized carbons (Fsp3) is 0.455. The van der Waals surface area contributed by atoms with Gasteiger partial charge in [-0.25, -0.2) is 0 Å². The lowest BCUT2D eigenvalue weighted by atomic mass is 9.86. The van der Waals surface area contributed by atoms with Crippen LogP contribution in [0.4, 0.5) is 5.69 Å². The first kappa shape index (κ1) is 29.5. The molecule has 0 heterocycles. The highest BCUT2D eigenvalue weighted by atomic mass is 16.7. The van der Waals surface area contributed by atoms with Gasteiger partial charge in [0.2, 0.25) is 0 Å². The third-order valence-corrected chi connectivity index (χ3v) is 7.18. The van der Waals surface area contributed by atoms with Gasteiger partial charge in [-0.15, -0.1) is 0 Å². The normalized spacial score (nSPS) is 10.9. The number of unbranched alkanes of at least 4 members (excludes halogenated alkanes) is 3. The average molecular weight is 516 g/mol. The van der Waals surface area contributed by atoms with Crippen LogP contribution in [0.15, 0.2) is 48.5 Å². The molecule has 0 amide bonds. The number of nitrogen functional groups attached to an aromatic ring is 1. The van der Waals surface area contributed by atoms with Crippen molar-refractivity contribution >= 4 is 13.0 Å². The van der Waals surface area contributed by atoms with Gasteiger partial charge in [0.25, 0.3) is 0 Å². The molecule has 0 saturated heterocycles. The van der Waals surface area contributed by atoms with Gasteiger partial charge in [-0.2, -0.15) is 0 Å². The van der Waals surface area contributed by atoms with Gasteiger partial charge in [0.15, 0.2) is 0 Å². The molecule has 0 fully saturated rings. The standard InChI is InChI=1S/C33H46BNO3/c1-7-10-13-29-26(6)30(14-11-8-2)32(35)33(31(29)15-12-9-3)38-34(36-27-20-16-24(4)17-21-27)37-28-22-18-25(5)19-23-28/h16-23H,7-15,35H2,1-6H3. The zero-order valence-corrected chi connectivity index (χ0v) is 24.4. The van der Waals surface area contributed by atoms with Crippen molar-refractivity contribution in [3.8, 4) is 17.2 Å². The molecule has 2 N–H and O–H groups in total. The molecule has 0 spiro atoms. The molecule has 0 aliphatic carbocycles. The van der Waals surface area contributed by atoms with E-state index >= 15 is 0 Å². The van der Waals surface area contributed by atoms with E-state index in [1.54, 1.807) is 0 Å². The molecule has 0 atom stereocenters. The maximum atomic E-state index is 6.93. The average Bonchev–Trinajstić information content (AvgIpc) is 2.91. The van der Waals surface area contributed by atoms with Gasteiger partial charge in [-0.3, -0.25) is 0 Å². The van der Waals surface area contributed by atoms with E-state index in [1.165, 1.54) is 33.4 Å². The molecule has 0 radical (unpaired) electrons. The highest BCUT2D eigenvalue weighted by Crippen LogP contribution is 2.39. The fourth-order valence-electron chi connectivity index (χ4n) is 4.79. The summed E-state index contributed by atoms with van der Waals surface area (Å²) in [6, 6.07) is 15.9. The number of nitrogens with two attached hydrogens (primary N) is 1. The number of anilines is 1. The van der Waals surface area contributed by atoms with Gasteiger partial charge in [-0.1, -0.05) is 75.4 Å². The molecule has 3 rings (SSSR count). The Balaban J connectivity index is 2.09. The summed E-state index contributed by atoms with van der Waals surface area (Å²) in [5.41, 5.74) is 15.1. The second-order valence-electron chi connectivity index (χ2n) is 10.4. The number of rotatable bonds is 15. The van der Waals surface area contributed by atoms with Crippen molar-refractivity contribution < 1.29 is 14.0 Å². The van der Waals surface area contributed by atoms with Crippen molar-refractivity contribution in [3.63, 3.8) is 0 Å². The molecule has 3 aromatic rings. The van der Waals surface area contributed by atoms with Crippen LogP contribution >= 0.6 is 0 Å². The lowest BCUT2D eigenvalue weighted by Gasteiger charge is -2.26. The molecular weight excluding hydrogens is 469 g/mol. The van der Waals surface area contributed by atoms with E-state index in [4.69, 9.17) is 19.7 Å².